The SMILES string of the molecule is N[C@H]1CSc2cc(F)c(-n3cc(Cc4ccc(Cl)cc4)nn3)cc2N(Cc2ccc(Cl)cc2)C1=O. The first-order chi connectivity index (χ1) is 16.9. The quantitative estimate of drug-likeness (QED) is 0.382. The smallest absolute Gasteiger partial charge is 0.245 e. The minimum absolute atomic E-state index is 0.198. The molecule has 0 spiro atoms. The van der Waals surface area contributed by atoms with Crippen LogP contribution in [-0.4, -0.2) is 32.7 Å². The van der Waals surface area contributed by atoms with E-state index in [0.29, 0.717) is 38.5 Å². The first-order valence-corrected chi connectivity index (χ1v) is 12.6. The van der Waals surface area contributed by atoms with E-state index in [4.69, 9.17) is 28.9 Å². The zero-order valence-corrected chi connectivity index (χ0v) is 20.7. The fraction of sp³-hybridized carbons (Fsp3) is 0.160. The summed E-state index contributed by atoms with van der Waals surface area (Å²) in [4.78, 5) is 15.4. The van der Waals surface area contributed by atoms with Gasteiger partial charge in [0.1, 0.15) is 11.5 Å². The summed E-state index contributed by atoms with van der Waals surface area (Å²) in [5, 5.41) is 9.59. The van der Waals surface area contributed by atoms with Crippen LogP contribution in [-0.2, 0) is 17.8 Å². The minimum atomic E-state index is -0.705. The highest BCUT2D eigenvalue weighted by molar-refractivity contribution is 7.99. The van der Waals surface area contributed by atoms with Gasteiger partial charge >= 0.3 is 0 Å². The molecule has 0 unspecified atom stereocenters. The van der Waals surface area contributed by atoms with Crippen molar-refractivity contribution >= 4 is 46.6 Å². The van der Waals surface area contributed by atoms with Crippen LogP contribution in [0.3, 0.4) is 0 Å². The van der Waals surface area contributed by atoms with Gasteiger partial charge in [-0.2, -0.15) is 0 Å². The second kappa shape index (κ2) is 9.99. The van der Waals surface area contributed by atoms with E-state index in [0.717, 1.165) is 11.1 Å². The van der Waals surface area contributed by atoms with Gasteiger partial charge < -0.3 is 10.6 Å². The highest BCUT2D eigenvalue weighted by Crippen LogP contribution is 2.38. The Labute approximate surface area is 215 Å². The van der Waals surface area contributed by atoms with Gasteiger partial charge in [0.2, 0.25) is 5.91 Å². The Morgan fingerprint density at radius 3 is 2.34 bits per heavy atom. The molecule has 1 atom stereocenters. The fourth-order valence-electron chi connectivity index (χ4n) is 3.85. The number of anilines is 1. The Morgan fingerprint density at radius 1 is 1.00 bits per heavy atom. The van der Waals surface area contributed by atoms with Gasteiger partial charge in [-0.25, -0.2) is 9.07 Å². The van der Waals surface area contributed by atoms with Crippen LogP contribution in [0.15, 0.2) is 71.8 Å². The molecular weight excluding hydrogens is 508 g/mol. The molecule has 0 bridgehead atoms. The van der Waals surface area contributed by atoms with Crippen molar-refractivity contribution in [3.05, 3.63) is 99.5 Å². The third-order valence-corrected chi connectivity index (χ3v) is 7.33. The molecule has 1 aliphatic rings. The summed E-state index contributed by atoms with van der Waals surface area (Å²) in [6.07, 6.45) is 2.20. The average Bonchev–Trinajstić information content (AvgIpc) is 3.27. The number of fused-ring (bicyclic) bond motifs is 1. The van der Waals surface area contributed by atoms with E-state index in [2.05, 4.69) is 10.3 Å². The minimum Gasteiger partial charge on any atom is -0.319 e. The molecule has 35 heavy (non-hydrogen) atoms. The number of rotatable bonds is 5. The zero-order valence-electron chi connectivity index (χ0n) is 18.4. The molecule has 0 radical (unpaired) electrons. The maximum atomic E-state index is 15.2. The van der Waals surface area contributed by atoms with Crippen molar-refractivity contribution in [3.8, 4) is 5.69 Å². The van der Waals surface area contributed by atoms with E-state index in [1.165, 1.54) is 22.5 Å². The van der Waals surface area contributed by atoms with Crippen molar-refractivity contribution in [1.29, 1.82) is 0 Å². The molecule has 5 rings (SSSR count). The molecular formula is C25H20Cl2FN5OS. The second-order valence-corrected chi connectivity index (χ2v) is 10.1. The highest BCUT2D eigenvalue weighted by Gasteiger charge is 2.30. The molecule has 6 nitrogen and oxygen atoms in total. The lowest BCUT2D eigenvalue weighted by molar-refractivity contribution is -0.119. The van der Waals surface area contributed by atoms with E-state index in [-0.39, 0.29) is 18.1 Å². The summed E-state index contributed by atoms with van der Waals surface area (Å²) in [5.41, 5.74) is 9.47. The van der Waals surface area contributed by atoms with Crippen LogP contribution in [0.1, 0.15) is 16.8 Å². The third-order valence-electron chi connectivity index (χ3n) is 5.66. The molecule has 2 N–H and O–H groups in total. The van der Waals surface area contributed by atoms with Crippen molar-refractivity contribution < 1.29 is 9.18 Å². The number of amides is 1. The zero-order chi connectivity index (χ0) is 24.5. The van der Waals surface area contributed by atoms with Crippen molar-refractivity contribution in [1.82, 2.24) is 15.0 Å². The Bertz CT molecular complexity index is 1380. The summed E-state index contributed by atoms with van der Waals surface area (Å²) in [5.74, 6) is -0.338. The predicted molar refractivity (Wildman–Crippen MR) is 137 cm³/mol. The van der Waals surface area contributed by atoms with Gasteiger partial charge in [0.05, 0.1) is 30.2 Å². The van der Waals surface area contributed by atoms with Crippen LogP contribution >= 0.6 is 35.0 Å². The summed E-state index contributed by atoms with van der Waals surface area (Å²) in [6, 6.07) is 17.0. The van der Waals surface area contributed by atoms with Crippen LogP contribution in [0.5, 0.6) is 0 Å². The molecule has 0 fully saturated rings. The molecule has 2 heterocycles. The van der Waals surface area contributed by atoms with Crippen LogP contribution in [0.25, 0.3) is 5.69 Å². The number of thioether (sulfide) groups is 1. The van der Waals surface area contributed by atoms with E-state index in [9.17, 15) is 4.79 Å². The third kappa shape index (κ3) is 5.21. The van der Waals surface area contributed by atoms with E-state index in [1.807, 2.05) is 36.4 Å². The number of benzene rings is 3. The monoisotopic (exact) mass is 527 g/mol. The molecule has 0 saturated heterocycles. The Balaban J connectivity index is 1.50. The number of nitrogens with two attached hydrogens (primary N) is 1. The number of halogens is 3. The first kappa shape index (κ1) is 23.8. The standard InChI is InChI=1S/C25H20Cl2FN5OS/c26-17-5-1-15(2-6-17)9-19-13-33(31-30-19)22-11-23-24(10-20(22)28)35-14-21(29)25(34)32(23)12-16-3-7-18(27)8-4-16/h1-8,10-11,13,21H,9,12,14,29H2/t21-/m0/s1. The Hall–Kier alpha value is -2.91. The summed E-state index contributed by atoms with van der Waals surface area (Å²) in [6.45, 7) is 0.279. The number of nitrogens with zero attached hydrogens (tertiary/aromatic N) is 4. The van der Waals surface area contributed by atoms with Crippen LogP contribution < -0.4 is 10.6 Å². The van der Waals surface area contributed by atoms with Crippen molar-refractivity contribution in [2.24, 2.45) is 5.73 Å². The number of carbonyl (C=O) groups is 1. The van der Waals surface area contributed by atoms with E-state index in [1.54, 1.807) is 29.3 Å². The topological polar surface area (TPSA) is 77.0 Å². The Morgan fingerprint density at radius 2 is 1.66 bits per heavy atom. The van der Waals surface area contributed by atoms with E-state index < -0.39 is 11.9 Å². The predicted octanol–water partition coefficient (Wildman–Crippen LogP) is 5.27. The molecule has 0 aliphatic carbocycles. The molecule has 3 aromatic carbocycles. The first-order valence-electron chi connectivity index (χ1n) is 10.8. The molecule has 10 heteroatoms. The van der Waals surface area contributed by atoms with Gasteiger partial charge in [0.15, 0.2) is 0 Å². The molecule has 178 valence electrons. The van der Waals surface area contributed by atoms with Crippen LogP contribution in [0, 0.1) is 5.82 Å². The normalized spacial score (nSPS) is 15.7. The molecule has 1 aromatic heterocycles. The Kier molecular flexibility index (Phi) is 6.80. The lowest BCUT2D eigenvalue weighted by Crippen LogP contribution is -2.44. The van der Waals surface area contributed by atoms with Gasteiger partial charge in [0.25, 0.3) is 0 Å². The second-order valence-electron chi connectivity index (χ2n) is 8.20. The van der Waals surface area contributed by atoms with Crippen molar-refractivity contribution in [3.63, 3.8) is 0 Å². The molecule has 4 aromatic rings. The van der Waals surface area contributed by atoms with Gasteiger partial charge in [0, 0.05) is 27.1 Å². The maximum absolute atomic E-state index is 15.2. The maximum Gasteiger partial charge on any atom is 0.245 e. The van der Waals surface area contributed by atoms with E-state index >= 15 is 4.39 Å². The highest BCUT2D eigenvalue weighted by atomic mass is 35.5. The lowest BCUT2D eigenvalue weighted by atomic mass is 10.1. The summed E-state index contributed by atoms with van der Waals surface area (Å²) >= 11 is 13.3. The van der Waals surface area contributed by atoms with Crippen molar-refractivity contribution in [2.45, 2.75) is 23.9 Å². The molecule has 0 saturated carbocycles. The lowest BCUT2D eigenvalue weighted by Gasteiger charge is -2.25. The summed E-state index contributed by atoms with van der Waals surface area (Å²) in [7, 11) is 0. The van der Waals surface area contributed by atoms with Gasteiger partial charge in [-0.15, -0.1) is 16.9 Å². The summed E-state index contributed by atoms with van der Waals surface area (Å²) < 4.78 is 16.6. The number of hydrogen-bond acceptors (Lipinski definition) is 5. The van der Waals surface area contributed by atoms with Gasteiger partial charge in [-0.1, -0.05) is 52.7 Å². The number of carbonyl (C=O) groups excluding carboxylic acids is 1. The molecule has 1 amide bonds. The van der Waals surface area contributed by atoms with Crippen LogP contribution in [0.2, 0.25) is 10.0 Å². The number of hydrogen-bond donors (Lipinski definition) is 1. The largest absolute Gasteiger partial charge is 0.319 e. The van der Waals surface area contributed by atoms with Gasteiger partial charge in [-0.05, 0) is 47.5 Å². The van der Waals surface area contributed by atoms with Gasteiger partial charge in [-0.3, -0.25) is 4.79 Å². The number of aromatic nitrogens is 3. The van der Waals surface area contributed by atoms with Crippen LogP contribution in [0.4, 0.5) is 10.1 Å². The fourth-order valence-corrected chi connectivity index (χ4v) is 5.11. The molecule has 1 aliphatic heterocycles. The van der Waals surface area contributed by atoms with Crippen molar-refractivity contribution in [2.75, 3.05) is 10.7 Å². The average molecular weight is 528 g/mol.